The Bertz CT molecular complexity index is 248. The third kappa shape index (κ3) is 4.53. The number of carbonyl (C=O) groups excluding carboxylic acids is 1. The predicted octanol–water partition coefficient (Wildman–Crippen LogP) is 2.85. The molecule has 0 aliphatic heterocycles. The summed E-state index contributed by atoms with van der Waals surface area (Å²) in [6.07, 6.45) is 1.48. The van der Waals surface area contributed by atoms with Crippen LogP contribution in [0.3, 0.4) is 0 Å². The average Bonchev–Trinajstić information content (AvgIpc) is 2.06. The standard InChI is InChI=1S/C10H13NO.ClH/c1-2-6-10(12)11-9-7-4-3-5-8-9;/h3-5,7-8H,2,6H2,1H3,(H,11,12);1H. The van der Waals surface area contributed by atoms with Crippen molar-refractivity contribution in [3.63, 3.8) is 0 Å². The van der Waals surface area contributed by atoms with Crippen molar-refractivity contribution in [2.75, 3.05) is 5.32 Å². The van der Waals surface area contributed by atoms with Crippen molar-refractivity contribution in [3.8, 4) is 0 Å². The van der Waals surface area contributed by atoms with E-state index in [4.69, 9.17) is 0 Å². The zero-order valence-electron chi connectivity index (χ0n) is 7.62. The Hall–Kier alpha value is -1.02. The van der Waals surface area contributed by atoms with Gasteiger partial charge in [0.15, 0.2) is 0 Å². The normalized spacial score (nSPS) is 8.69. The fourth-order valence-electron chi connectivity index (χ4n) is 0.972. The molecule has 0 saturated heterocycles. The summed E-state index contributed by atoms with van der Waals surface area (Å²) in [5, 5.41) is 2.80. The van der Waals surface area contributed by atoms with Gasteiger partial charge in [0.1, 0.15) is 0 Å². The molecule has 0 spiro atoms. The number of para-hydroxylation sites is 1. The topological polar surface area (TPSA) is 29.1 Å². The van der Waals surface area contributed by atoms with Crippen LogP contribution in [0.1, 0.15) is 19.8 Å². The van der Waals surface area contributed by atoms with Crippen molar-refractivity contribution >= 4 is 24.0 Å². The maximum absolute atomic E-state index is 11.1. The van der Waals surface area contributed by atoms with Gasteiger partial charge in [-0.2, -0.15) is 0 Å². The number of amides is 1. The summed E-state index contributed by atoms with van der Waals surface area (Å²) in [6.45, 7) is 1.99. The van der Waals surface area contributed by atoms with Crippen molar-refractivity contribution in [3.05, 3.63) is 30.3 Å². The van der Waals surface area contributed by atoms with Gasteiger partial charge in [0.05, 0.1) is 0 Å². The second kappa shape index (κ2) is 6.49. The Labute approximate surface area is 84.8 Å². The van der Waals surface area contributed by atoms with E-state index >= 15 is 0 Å². The molecule has 0 atom stereocenters. The molecule has 0 aliphatic rings. The summed E-state index contributed by atoms with van der Waals surface area (Å²) < 4.78 is 0. The Morgan fingerprint density at radius 3 is 2.46 bits per heavy atom. The van der Waals surface area contributed by atoms with Gasteiger partial charge in [0, 0.05) is 12.1 Å². The van der Waals surface area contributed by atoms with Crippen LogP contribution in [0.25, 0.3) is 0 Å². The highest BCUT2D eigenvalue weighted by molar-refractivity contribution is 5.90. The molecule has 2 nitrogen and oxygen atoms in total. The third-order valence-electron chi connectivity index (χ3n) is 1.53. The fraction of sp³-hybridized carbons (Fsp3) is 0.300. The number of anilines is 1. The molecule has 0 radical (unpaired) electrons. The van der Waals surface area contributed by atoms with E-state index in [9.17, 15) is 4.79 Å². The molecule has 0 aliphatic carbocycles. The van der Waals surface area contributed by atoms with Gasteiger partial charge in [-0.3, -0.25) is 4.79 Å². The van der Waals surface area contributed by atoms with Gasteiger partial charge in [-0.05, 0) is 18.6 Å². The Morgan fingerprint density at radius 1 is 1.31 bits per heavy atom. The van der Waals surface area contributed by atoms with E-state index in [1.54, 1.807) is 0 Å². The molecule has 0 fully saturated rings. The highest BCUT2D eigenvalue weighted by Crippen LogP contribution is 2.05. The molecule has 3 heteroatoms. The number of hydrogen-bond acceptors (Lipinski definition) is 1. The van der Waals surface area contributed by atoms with Crippen molar-refractivity contribution in [1.29, 1.82) is 0 Å². The van der Waals surface area contributed by atoms with Crippen LogP contribution in [0.15, 0.2) is 30.3 Å². The molecule has 1 amide bonds. The molecular weight excluding hydrogens is 186 g/mol. The first-order valence-corrected chi connectivity index (χ1v) is 4.18. The molecular formula is C10H14ClNO. The van der Waals surface area contributed by atoms with Crippen molar-refractivity contribution < 1.29 is 4.79 Å². The van der Waals surface area contributed by atoms with E-state index in [0.29, 0.717) is 6.42 Å². The van der Waals surface area contributed by atoms with Gasteiger partial charge in [-0.15, -0.1) is 12.4 Å². The highest BCUT2D eigenvalue weighted by atomic mass is 35.5. The maximum Gasteiger partial charge on any atom is 0.224 e. The smallest absolute Gasteiger partial charge is 0.224 e. The number of carbonyl (C=O) groups is 1. The fourth-order valence-corrected chi connectivity index (χ4v) is 0.972. The first-order valence-electron chi connectivity index (χ1n) is 4.18. The second-order valence-electron chi connectivity index (χ2n) is 2.66. The molecule has 72 valence electrons. The molecule has 1 aromatic rings. The van der Waals surface area contributed by atoms with Gasteiger partial charge in [0.25, 0.3) is 0 Å². The molecule has 0 heterocycles. The summed E-state index contributed by atoms with van der Waals surface area (Å²) in [4.78, 5) is 11.1. The van der Waals surface area contributed by atoms with Crippen LogP contribution in [0.4, 0.5) is 5.69 Å². The lowest BCUT2D eigenvalue weighted by Crippen LogP contribution is -2.10. The summed E-state index contributed by atoms with van der Waals surface area (Å²) in [5.41, 5.74) is 0.871. The van der Waals surface area contributed by atoms with Crippen LogP contribution >= 0.6 is 12.4 Å². The van der Waals surface area contributed by atoms with Gasteiger partial charge >= 0.3 is 0 Å². The highest BCUT2D eigenvalue weighted by Gasteiger charge is 1.97. The number of nitrogens with one attached hydrogen (secondary N) is 1. The zero-order chi connectivity index (χ0) is 8.81. The zero-order valence-corrected chi connectivity index (χ0v) is 8.43. The van der Waals surface area contributed by atoms with Crippen LogP contribution in [0.5, 0.6) is 0 Å². The summed E-state index contributed by atoms with van der Waals surface area (Å²) >= 11 is 0. The molecule has 13 heavy (non-hydrogen) atoms. The van der Waals surface area contributed by atoms with Crippen LogP contribution in [0, 0.1) is 0 Å². The number of halogens is 1. The minimum atomic E-state index is 0. The van der Waals surface area contributed by atoms with E-state index in [-0.39, 0.29) is 18.3 Å². The van der Waals surface area contributed by atoms with E-state index in [0.717, 1.165) is 12.1 Å². The number of rotatable bonds is 3. The predicted molar refractivity (Wildman–Crippen MR) is 57.2 cm³/mol. The van der Waals surface area contributed by atoms with Gasteiger partial charge in [-0.25, -0.2) is 0 Å². The first-order chi connectivity index (χ1) is 5.83. The van der Waals surface area contributed by atoms with E-state index < -0.39 is 0 Å². The lowest BCUT2D eigenvalue weighted by Gasteiger charge is -2.02. The van der Waals surface area contributed by atoms with Crippen LogP contribution in [-0.2, 0) is 4.79 Å². The molecule has 1 N–H and O–H groups in total. The van der Waals surface area contributed by atoms with Crippen LogP contribution in [-0.4, -0.2) is 5.91 Å². The van der Waals surface area contributed by atoms with Gasteiger partial charge in [-0.1, -0.05) is 25.1 Å². The molecule has 0 aromatic heterocycles. The number of hydrogen-bond donors (Lipinski definition) is 1. The number of benzene rings is 1. The van der Waals surface area contributed by atoms with Crippen LogP contribution in [0.2, 0.25) is 0 Å². The van der Waals surface area contributed by atoms with Gasteiger partial charge in [0.2, 0.25) is 5.91 Å². The average molecular weight is 200 g/mol. The second-order valence-corrected chi connectivity index (χ2v) is 2.66. The van der Waals surface area contributed by atoms with Crippen molar-refractivity contribution in [2.24, 2.45) is 0 Å². The first kappa shape index (κ1) is 12.0. The van der Waals surface area contributed by atoms with E-state index in [1.165, 1.54) is 0 Å². The lowest BCUT2D eigenvalue weighted by atomic mass is 10.3. The Morgan fingerprint density at radius 2 is 1.92 bits per heavy atom. The van der Waals surface area contributed by atoms with E-state index in [1.807, 2.05) is 37.3 Å². The molecule has 1 aromatic carbocycles. The third-order valence-corrected chi connectivity index (χ3v) is 1.53. The summed E-state index contributed by atoms with van der Waals surface area (Å²) in [6, 6.07) is 9.50. The minimum absolute atomic E-state index is 0. The maximum atomic E-state index is 11.1. The van der Waals surface area contributed by atoms with E-state index in [2.05, 4.69) is 5.32 Å². The lowest BCUT2D eigenvalue weighted by molar-refractivity contribution is -0.116. The van der Waals surface area contributed by atoms with Gasteiger partial charge < -0.3 is 5.32 Å². The molecule has 0 saturated carbocycles. The SMILES string of the molecule is CCCC(=O)Nc1ccccc1.Cl. The van der Waals surface area contributed by atoms with Crippen LogP contribution < -0.4 is 5.32 Å². The molecule has 0 bridgehead atoms. The Balaban J connectivity index is 0.00000144. The van der Waals surface area contributed by atoms with Crippen molar-refractivity contribution in [2.45, 2.75) is 19.8 Å². The summed E-state index contributed by atoms with van der Waals surface area (Å²) in [7, 11) is 0. The largest absolute Gasteiger partial charge is 0.326 e. The molecule has 1 rings (SSSR count). The molecule has 0 unspecified atom stereocenters. The monoisotopic (exact) mass is 199 g/mol. The Kier molecular flexibility index (Phi) is 5.98. The van der Waals surface area contributed by atoms with Crippen molar-refractivity contribution in [1.82, 2.24) is 0 Å². The quantitative estimate of drug-likeness (QED) is 0.797. The summed E-state index contributed by atoms with van der Waals surface area (Å²) in [5.74, 6) is 0.0868. The minimum Gasteiger partial charge on any atom is -0.326 e.